The van der Waals surface area contributed by atoms with Crippen molar-refractivity contribution in [2.45, 2.75) is 219 Å². The van der Waals surface area contributed by atoms with Crippen LogP contribution in [0.3, 0.4) is 0 Å². The predicted octanol–water partition coefficient (Wildman–Crippen LogP) is 14.9. The van der Waals surface area contributed by atoms with Crippen molar-refractivity contribution in [2.75, 3.05) is 41.4 Å². The summed E-state index contributed by atoms with van der Waals surface area (Å²) in [5.41, 5.74) is 3.01. The number of allylic oxidation sites excluding steroid dienone is 8. The van der Waals surface area contributed by atoms with E-state index in [0.29, 0.717) is 6.42 Å². The van der Waals surface area contributed by atoms with Gasteiger partial charge in [-0.05, 0) is 104 Å². The molecule has 9 heteroatoms. The molecule has 0 aromatic carbocycles. The molecule has 0 aromatic rings. The van der Waals surface area contributed by atoms with Gasteiger partial charge >= 0.3 is 5.97 Å². The SMILES string of the molecule is CCCCC/C=C\C/C=C\CCCCCCCCC(CCCCCCCC/C=C\C/C=C\CCCCC)OC(=O)CCC[N+](C)(C)C(C)(C)CNOC.COSPO. The van der Waals surface area contributed by atoms with Gasteiger partial charge in [0.25, 0.3) is 0 Å². The maximum atomic E-state index is 13.0. The third-order valence-corrected chi connectivity index (χ3v) is 12.2. The van der Waals surface area contributed by atoms with Crippen LogP contribution in [0.1, 0.15) is 207 Å². The third-order valence-electron chi connectivity index (χ3n) is 11.3. The molecule has 0 amide bonds. The number of hydrogen-bond acceptors (Lipinski definition) is 7. The molecule has 0 aromatic heterocycles. The predicted molar refractivity (Wildman–Crippen MR) is 258 cm³/mol. The summed E-state index contributed by atoms with van der Waals surface area (Å²) < 4.78 is 11.4. The average Bonchev–Trinajstić information content (AvgIpc) is 3.20. The number of unbranched alkanes of at least 4 members (excludes halogenated alkanes) is 18. The molecule has 2 N–H and O–H groups in total. The smallest absolute Gasteiger partial charge is 0.306 e. The van der Waals surface area contributed by atoms with E-state index in [-0.39, 0.29) is 25.6 Å². The number of carbonyl (C=O) groups is 1. The Labute approximate surface area is 366 Å². The van der Waals surface area contributed by atoms with Crippen LogP contribution in [-0.4, -0.2) is 68.4 Å². The summed E-state index contributed by atoms with van der Waals surface area (Å²) in [5, 5.41) is 0. The first-order valence-electron chi connectivity index (χ1n) is 23.6. The number of hydroxylamine groups is 1. The molecule has 1 atom stereocenters. The van der Waals surface area contributed by atoms with Crippen LogP contribution in [0.5, 0.6) is 0 Å². The van der Waals surface area contributed by atoms with E-state index in [1.54, 1.807) is 7.11 Å². The van der Waals surface area contributed by atoms with E-state index in [9.17, 15) is 4.79 Å². The molecule has 1 unspecified atom stereocenters. The van der Waals surface area contributed by atoms with E-state index in [1.165, 1.54) is 136 Å². The minimum atomic E-state index is -0.148. The number of carbonyl (C=O) groups excluding carboxylic acids is 1. The Kier molecular flexibility index (Phi) is 46.4. The summed E-state index contributed by atoms with van der Waals surface area (Å²) in [7, 11) is 7.51. The van der Waals surface area contributed by atoms with Gasteiger partial charge in [-0.1, -0.05) is 140 Å². The van der Waals surface area contributed by atoms with Gasteiger partial charge in [0.1, 0.15) is 11.6 Å². The zero-order chi connectivity index (χ0) is 43.3. The van der Waals surface area contributed by atoms with Crippen molar-refractivity contribution < 1.29 is 27.9 Å². The van der Waals surface area contributed by atoms with Crippen molar-refractivity contribution in [1.82, 2.24) is 5.48 Å². The summed E-state index contributed by atoms with van der Waals surface area (Å²) >= 11 is 1.05. The van der Waals surface area contributed by atoms with Crippen LogP contribution >= 0.6 is 19.7 Å². The maximum absolute atomic E-state index is 13.0. The van der Waals surface area contributed by atoms with Gasteiger partial charge in [-0.3, -0.25) is 4.79 Å². The quantitative estimate of drug-likeness (QED) is 0.0121. The van der Waals surface area contributed by atoms with E-state index < -0.39 is 0 Å². The number of hydrogen-bond donors (Lipinski definition) is 2. The molecule has 342 valence electrons. The van der Waals surface area contributed by atoms with E-state index in [2.05, 4.69) is 100 Å². The highest BCUT2D eigenvalue weighted by Crippen LogP contribution is 2.23. The molecule has 0 aliphatic carbocycles. The molecule has 7 nitrogen and oxygen atoms in total. The molecule has 0 bridgehead atoms. The summed E-state index contributed by atoms with van der Waals surface area (Å²) in [6.45, 7) is 10.7. The van der Waals surface area contributed by atoms with Crippen LogP contribution in [0.15, 0.2) is 48.6 Å². The largest absolute Gasteiger partial charge is 0.462 e. The fourth-order valence-electron chi connectivity index (χ4n) is 6.65. The van der Waals surface area contributed by atoms with E-state index >= 15 is 0 Å². The summed E-state index contributed by atoms with van der Waals surface area (Å²) in [5.74, 6) is -0.0112. The molecular formula is C49H96N2O5PS+. The van der Waals surface area contributed by atoms with Crippen LogP contribution in [0.2, 0.25) is 0 Å². The van der Waals surface area contributed by atoms with Crippen LogP contribution < -0.4 is 5.48 Å². The van der Waals surface area contributed by atoms with Crippen LogP contribution in [0.4, 0.5) is 0 Å². The first-order chi connectivity index (χ1) is 28.1. The second-order valence-corrected chi connectivity index (χ2v) is 18.8. The van der Waals surface area contributed by atoms with Gasteiger partial charge in [0.2, 0.25) is 0 Å². The van der Waals surface area contributed by atoms with Crippen molar-refractivity contribution in [3.8, 4) is 0 Å². The van der Waals surface area contributed by atoms with Gasteiger partial charge in [0.15, 0.2) is 0 Å². The second-order valence-electron chi connectivity index (χ2n) is 17.0. The van der Waals surface area contributed by atoms with Crippen molar-refractivity contribution >= 4 is 25.6 Å². The number of ether oxygens (including phenoxy) is 1. The molecule has 0 saturated heterocycles. The fourth-order valence-corrected chi connectivity index (χ4v) is 6.95. The molecule has 0 rings (SSSR count). The highest BCUT2D eigenvalue weighted by Gasteiger charge is 2.36. The molecular weight excluding hydrogens is 760 g/mol. The van der Waals surface area contributed by atoms with Gasteiger partial charge in [-0.25, -0.2) is 0 Å². The number of nitrogens with one attached hydrogen (secondary N) is 1. The molecule has 0 heterocycles. The summed E-state index contributed by atoms with van der Waals surface area (Å²) in [4.78, 5) is 26.1. The van der Waals surface area contributed by atoms with Gasteiger partial charge in [0, 0.05) is 18.1 Å². The van der Waals surface area contributed by atoms with Crippen molar-refractivity contribution in [2.24, 2.45) is 0 Å². The Morgan fingerprint density at radius 2 is 1.07 bits per heavy atom. The molecule has 0 saturated carbocycles. The van der Waals surface area contributed by atoms with Crippen LogP contribution in [0.25, 0.3) is 0 Å². The standard InChI is InChI=1S/C48H91N2O3.CH5O2PS/c1-8-10-12-14-16-18-20-22-24-26-28-30-32-34-36-38-41-46(53-47(51)43-40-44-50(5,6)48(3,4)45-49-52-7)42-39-37-35-33-31-29-27-25-23-21-19-17-15-13-11-9-2;1-3-5-4-2/h16-19,22-25,46,49H,8-15,20-21,26-45H2,1-7H3;2,4H,1H3/q+1;/b18-16-,19-17-,24-22-,25-23-;. The van der Waals surface area contributed by atoms with Gasteiger partial charge in [0.05, 0.1) is 55.8 Å². The molecule has 58 heavy (non-hydrogen) atoms. The average molecular weight is 856 g/mol. The highest BCUT2D eigenvalue weighted by atomic mass is 32.7. The minimum Gasteiger partial charge on any atom is -0.462 e. The van der Waals surface area contributed by atoms with Crippen LogP contribution in [0, 0.1) is 0 Å². The molecule has 0 spiro atoms. The minimum absolute atomic E-state index is 0.00841. The summed E-state index contributed by atoms with van der Waals surface area (Å²) in [6.07, 6.45) is 52.3. The molecule has 0 radical (unpaired) electrons. The Hall–Kier alpha value is -0.990. The van der Waals surface area contributed by atoms with Crippen molar-refractivity contribution in [1.29, 1.82) is 0 Å². The Bertz CT molecular complexity index is 938. The number of nitrogens with zero attached hydrogens (tertiary/aromatic N) is 1. The Balaban J connectivity index is 0. The highest BCUT2D eigenvalue weighted by molar-refractivity contribution is 8.45. The lowest BCUT2D eigenvalue weighted by Crippen LogP contribution is -2.60. The number of esters is 1. The van der Waals surface area contributed by atoms with Gasteiger partial charge in [-0.2, -0.15) is 5.48 Å². The van der Waals surface area contributed by atoms with Crippen molar-refractivity contribution in [3.63, 3.8) is 0 Å². The third kappa shape index (κ3) is 41.7. The lowest BCUT2D eigenvalue weighted by Gasteiger charge is -2.44. The fraction of sp³-hybridized carbons (Fsp3) is 0.816. The summed E-state index contributed by atoms with van der Waals surface area (Å²) in [6, 6.07) is 0. The Morgan fingerprint density at radius 1 is 0.655 bits per heavy atom. The second kappa shape index (κ2) is 45.5. The first kappa shape index (κ1) is 59.1. The lowest BCUT2D eigenvalue weighted by molar-refractivity contribution is -0.936. The topological polar surface area (TPSA) is 77.0 Å². The maximum Gasteiger partial charge on any atom is 0.306 e. The van der Waals surface area contributed by atoms with Crippen molar-refractivity contribution in [3.05, 3.63) is 48.6 Å². The number of quaternary nitrogens is 1. The van der Waals surface area contributed by atoms with Gasteiger partial charge in [-0.15, -0.1) is 0 Å². The first-order valence-corrected chi connectivity index (χ1v) is 26.0. The zero-order valence-electron chi connectivity index (χ0n) is 39.3. The normalized spacial score (nSPS) is 12.7. The number of rotatable bonds is 41. The van der Waals surface area contributed by atoms with Crippen LogP contribution in [-0.2, 0) is 18.6 Å². The monoisotopic (exact) mass is 856 g/mol. The lowest BCUT2D eigenvalue weighted by atomic mass is 10.00. The van der Waals surface area contributed by atoms with E-state index in [0.717, 1.165) is 74.2 Å². The molecule has 0 fully saturated rings. The molecule has 0 aliphatic heterocycles. The number of likely N-dealkylation sites (N-methyl/N-ethyl adjacent to an activating group) is 1. The van der Waals surface area contributed by atoms with E-state index in [4.69, 9.17) is 14.5 Å². The Morgan fingerprint density at radius 3 is 1.45 bits per heavy atom. The molecule has 0 aliphatic rings. The zero-order valence-corrected chi connectivity index (χ0v) is 41.2. The van der Waals surface area contributed by atoms with E-state index in [1.807, 2.05) is 0 Å². The van der Waals surface area contributed by atoms with Gasteiger partial charge < -0.3 is 23.1 Å².